The highest BCUT2D eigenvalue weighted by Gasteiger charge is 2.39. The number of amides is 1. The van der Waals surface area contributed by atoms with E-state index in [1.54, 1.807) is 25.3 Å². The quantitative estimate of drug-likeness (QED) is 0.888. The minimum atomic E-state index is -0.766. The highest BCUT2D eigenvalue weighted by atomic mass is 35.5. The maximum Gasteiger partial charge on any atom is 0.256 e. The fraction of sp³-hybridized carbons (Fsp3) is 0.500. The number of anilines is 1. The molecule has 0 atom stereocenters. The predicted molar refractivity (Wildman–Crippen MR) is 85.7 cm³/mol. The largest absolute Gasteiger partial charge is 0.495 e. The lowest BCUT2D eigenvalue weighted by molar-refractivity contribution is -0.140. The van der Waals surface area contributed by atoms with Gasteiger partial charge in [-0.1, -0.05) is 11.6 Å². The minimum Gasteiger partial charge on any atom is -0.495 e. The van der Waals surface area contributed by atoms with Gasteiger partial charge < -0.3 is 20.1 Å². The molecule has 0 spiro atoms. The molecule has 0 aliphatic carbocycles. The number of nitrogens with one attached hydrogen (secondary N) is 2. The van der Waals surface area contributed by atoms with Crippen LogP contribution in [0.15, 0.2) is 18.2 Å². The summed E-state index contributed by atoms with van der Waals surface area (Å²) in [6.45, 7) is 1.54. The van der Waals surface area contributed by atoms with Crippen LogP contribution < -0.4 is 15.4 Å². The first kappa shape index (κ1) is 18.0. The van der Waals surface area contributed by atoms with Crippen LogP contribution in [0.3, 0.4) is 0 Å². The lowest BCUT2D eigenvalue weighted by Crippen LogP contribution is -2.51. The fourth-order valence-electron chi connectivity index (χ4n) is 2.34. The third kappa shape index (κ3) is 4.01. The zero-order valence-electron chi connectivity index (χ0n) is 12.1. The van der Waals surface area contributed by atoms with Crippen molar-refractivity contribution in [2.45, 2.75) is 18.4 Å². The van der Waals surface area contributed by atoms with Gasteiger partial charge in [0.05, 0.1) is 12.1 Å². The Hall–Kier alpha value is -1.01. The number of rotatable bonds is 4. The van der Waals surface area contributed by atoms with Gasteiger partial charge in [0.2, 0.25) is 0 Å². The molecule has 0 bridgehead atoms. The van der Waals surface area contributed by atoms with Crippen molar-refractivity contribution in [3.05, 3.63) is 23.2 Å². The molecule has 0 saturated carbocycles. The van der Waals surface area contributed by atoms with E-state index in [4.69, 9.17) is 21.1 Å². The molecule has 0 aromatic heterocycles. The molecule has 1 aromatic carbocycles. The minimum absolute atomic E-state index is 0. The van der Waals surface area contributed by atoms with Gasteiger partial charge in [-0.15, -0.1) is 12.4 Å². The van der Waals surface area contributed by atoms with E-state index in [-0.39, 0.29) is 18.3 Å². The molecule has 2 rings (SSSR count). The van der Waals surface area contributed by atoms with E-state index in [1.165, 1.54) is 7.11 Å². The molecule has 1 heterocycles. The maximum atomic E-state index is 12.5. The molecule has 118 valence electrons. The summed E-state index contributed by atoms with van der Waals surface area (Å²) in [4.78, 5) is 12.5. The van der Waals surface area contributed by atoms with Crippen LogP contribution in [0.5, 0.6) is 5.75 Å². The Balaban J connectivity index is 0.00000220. The summed E-state index contributed by atoms with van der Waals surface area (Å²) in [6, 6.07) is 5.13. The fourth-order valence-corrected chi connectivity index (χ4v) is 2.53. The predicted octanol–water partition coefficient (Wildman–Crippen LogP) is 2.48. The van der Waals surface area contributed by atoms with Crippen molar-refractivity contribution in [1.82, 2.24) is 5.32 Å². The SMILES string of the molecule is COc1cc(NC(=O)C2(OC)CCNCC2)ccc1Cl.Cl. The second-order valence-corrected chi connectivity index (χ2v) is 5.16. The topological polar surface area (TPSA) is 59.6 Å². The number of hydrogen-bond donors (Lipinski definition) is 2. The van der Waals surface area contributed by atoms with Crippen LogP contribution in [0.4, 0.5) is 5.69 Å². The Bertz CT molecular complexity index is 491. The first-order valence-corrected chi connectivity index (χ1v) is 6.90. The molecule has 5 nitrogen and oxygen atoms in total. The van der Waals surface area contributed by atoms with Crippen molar-refractivity contribution in [2.75, 3.05) is 32.6 Å². The Morgan fingerprint density at radius 1 is 1.33 bits per heavy atom. The van der Waals surface area contributed by atoms with E-state index >= 15 is 0 Å². The molecule has 0 unspecified atom stereocenters. The van der Waals surface area contributed by atoms with Crippen LogP contribution in [0.2, 0.25) is 5.02 Å². The standard InChI is InChI=1S/C14H19ClN2O3.ClH/c1-19-12-9-10(3-4-11(12)15)17-13(18)14(20-2)5-7-16-8-6-14;/h3-4,9,16H,5-8H2,1-2H3,(H,17,18);1H. The summed E-state index contributed by atoms with van der Waals surface area (Å²) in [5.41, 5.74) is -0.121. The van der Waals surface area contributed by atoms with Gasteiger partial charge in [0.15, 0.2) is 0 Å². The monoisotopic (exact) mass is 334 g/mol. The lowest BCUT2D eigenvalue weighted by Gasteiger charge is -2.34. The van der Waals surface area contributed by atoms with Crippen molar-refractivity contribution in [2.24, 2.45) is 0 Å². The maximum absolute atomic E-state index is 12.5. The van der Waals surface area contributed by atoms with Crippen LogP contribution in [0.25, 0.3) is 0 Å². The zero-order chi connectivity index (χ0) is 14.6. The Morgan fingerprint density at radius 2 is 2.00 bits per heavy atom. The van der Waals surface area contributed by atoms with E-state index < -0.39 is 5.60 Å². The molecule has 7 heteroatoms. The average molecular weight is 335 g/mol. The van der Waals surface area contributed by atoms with E-state index in [0.29, 0.717) is 29.3 Å². The normalized spacial score (nSPS) is 16.7. The lowest BCUT2D eigenvalue weighted by atomic mass is 9.91. The van der Waals surface area contributed by atoms with E-state index in [0.717, 1.165) is 13.1 Å². The van der Waals surface area contributed by atoms with E-state index in [1.807, 2.05) is 0 Å². The number of carbonyl (C=O) groups excluding carboxylic acids is 1. The molecule has 1 amide bonds. The molecular formula is C14H20Cl2N2O3. The van der Waals surface area contributed by atoms with Crippen molar-refractivity contribution in [3.8, 4) is 5.75 Å². The average Bonchev–Trinajstić information content (AvgIpc) is 2.49. The van der Waals surface area contributed by atoms with Gasteiger partial charge in [-0.3, -0.25) is 4.79 Å². The number of halogens is 2. The summed E-state index contributed by atoms with van der Waals surface area (Å²) >= 11 is 5.97. The third-order valence-electron chi connectivity index (χ3n) is 3.62. The van der Waals surface area contributed by atoms with Gasteiger partial charge in [-0.25, -0.2) is 0 Å². The smallest absolute Gasteiger partial charge is 0.256 e. The molecule has 21 heavy (non-hydrogen) atoms. The van der Waals surface area contributed by atoms with Crippen LogP contribution >= 0.6 is 24.0 Å². The molecule has 0 radical (unpaired) electrons. The van der Waals surface area contributed by atoms with E-state index in [9.17, 15) is 4.79 Å². The van der Waals surface area contributed by atoms with Gasteiger partial charge in [-0.05, 0) is 38.1 Å². The van der Waals surface area contributed by atoms with Gasteiger partial charge in [0, 0.05) is 18.9 Å². The van der Waals surface area contributed by atoms with E-state index in [2.05, 4.69) is 10.6 Å². The second kappa shape index (κ2) is 7.84. The third-order valence-corrected chi connectivity index (χ3v) is 3.94. The number of hydrogen-bond acceptors (Lipinski definition) is 4. The Labute approximate surface area is 135 Å². The molecule has 2 N–H and O–H groups in total. The van der Waals surface area contributed by atoms with Gasteiger partial charge in [0.1, 0.15) is 11.4 Å². The number of ether oxygens (including phenoxy) is 2. The molecule has 1 aromatic rings. The number of piperidine rings is 1. The summed E-state index contributed by atoms with van der Waals surface area (Å²) in [6.07, 6.45) is 1.31. The van der Waals surface area contributed by atoms with Crippen LogP contribution in [-0.4, -0.2) is 38.8 Å². The van der Waals surface area contributed by atoms with Gasteiger partial charge in [0.25, 0.3) is 5.91 Å². The molecule has 1 saturated heterocycles. The summed E-state index contributed by atoms with van der Waals surface area (Å²) < 4.78 is 10.6. The van der Waals surface area contributed by atoms with Crippen LogP contribution in [0, 0.1) is 0 Å². The van der Waals surface area contributed by atoms with Gasteiger partial charge in [-0.2, -0.15) is 0 Å². The van der Waals surface area contributed by atoms with Crippen molar-refractivity contribution < 1.29 is 14.3 Å². The van der Waals surface area contributed by atoms with Crippen molar-refractivity contribution >= 4 is 35.6 Å². The molecule has 1 aliphatic heterocycles. The summed E-state index contributed by atoms with van der Waals surface area (Å²) in [5.74, 6) is 0.395. The number of methoxy groups -OCH3 is 2. The first-order valence-electron chi connectivity index (χ1n) is 6.52. The highest BCUT2D eigenvalue weighted by Crippen LogP contribution is 2.29. The van der Waals surface area contributed by atoms with Gasteiger partial charge >= 0.3 is 0 Å². The highest BCUT2D eigenvalue weighted by molar-refractivity contribution is 6.32. The summed E-state index contributed by atoms with van der Waals surface area (Å²) in [5, 5.41) is 6.60. The van der Waals surface area contributed by atoms with Crippen LogP contribution in [-0.2, 0) is 9.53 Å². The van der Waals surface area contributed by atoms with Crippen molar-refractivity contribution in [1.29, 1.82) is 0 Å². The Kier molecular flexibility index (Phi) is 6.74. The zero-order valence-corrected chi connectivity index (χ0v) is 13.6. The molecule has 1 aliphatic rings. The first-order chi connectivity index (χ1) is 9.61. The van der Waals surface area contributed by atoms with Crippen molar-refractivity contribution in [3.63, 3.8) is 0 Å². The number of benzene rings is 1. The number of carbonyl (C=O) groups is 1. The summed E-state index contributed by atoms with van der Waals surface area (Å²) in [7, 11) is 3.11. The molecule has 1 fully saturated rings. The molecular weight excluding hydrogens is 315 g/mol. The Morgan fingerprint density at radius 3 is 2.57 bits per heavy atom. The second-order valence-electron chi connectivity index (χ2n) is 4.75. The van der Waals surface area contributed by atoms with Crippen LogP contribution in [0.1, 0.15) is 12.8 Å².